The van der Waals surface area contributed by atoms with Gasteiger partial charge in [0.1, 0.15) is 0 Å². The van der Waals surface area contributed by atoms with Crippen LogP contribution in [-0.2, 0) is 6.42 Å². The highest BCUT2D eigenvalue weighted by atomic mass is 16.4. The third kappa shape index (κ3) is 3.96. The van der Waals surface area contributed by atoms with E-state index in [1.54, 1.807) is 6.07 Å². The van der Waals surface area contributed by atoms with Crippen LogP contribution in [0.5, 0.6) is 0 Å². The maximum absolute atomic E-state index is 11.2. The maximum Gasteiger partial charge on any atom is 0.335 e. The molecule has 1 aromatic carbocycles. The molecule has 0 bridgehead atoms. The van der Waals surface area contributed by atoms with Crippen LogP contribution in [0, 0.1) is 11.3 Å². The zero-order chi connectivity index (χ0) is 18.0. The third-order valence-corrected chi connectivity index (χ3v) is 7.21. The summed E-state index contributed by atoms with van der Waals surface area (Å²) in [6.45, 7) is 4.84. The SMILES string of the molecule is O=C(O)c1cccc(CC2CCN(C3CCC4(CCNCC4)CC3)C2)c1. The normalized spacial score (nSPS) is 27.0. The molecule has 4 nitrogen and oxygen atoms in total. The smallest absolute Gasteiger partial charge is 0.335 e. The predicted molar refractivity (Wildman–Crippen MR) is 104 cm³/mol. The Kier molecular flexibility index (Phi) is 5.32. The minimum absolute atomic E-state index is 0.414. The fraction of sp³-hybridized carbons (Fsp3) is 0.682. The van der Waals surface area contributed by atoms with E-state index in [4.69, 9.17) is 0 Å². The van der Waals surface area contributed by atoms with E-state index in [0.717, 1.165) is 12.5 Å². The van der Waals surface area contributed by atoms with E-state index in [2.05, 4.69) is 16.3 Å². The van der Waals surface area contributed by atoms with Gasteiger partial charge in [0.2, 0.25) is 0 Å². The van der Waals surface area contributed by atoms with E-state index in [0.29, 0.717) is 16.9 Å². The first-order chi connectivity index (χ1) is 12.6. The molecular formula is C22H32N2O2. The number of benzene rings is 1. The van der Waals surface area contributed by atoms with E-state index in [-0.39, 0.29) is 0 Å². The molecule has 2 N–H and O–H groups in total. The Hall–Kier alpha value is -1.39. The first-order valence-corrected chi connectivity index (χ1v) is 10.4. The molecule has 142 valence electrons. The summed E-state index contributed by atoms with van der Waals surface area (Å²) in [7, 11) is 0. The molecule has 3 aliphatic rings. The number of piperidine rings is 1. The van der Waals surface area contributed by atoms with Gasteiger partial charge in [-0.3, -0.25) is 0 Å². The van der Waals surface area contributed by atoms with Crippen LogP contribution in [0.15, 0.2) is 24.3 Å². The summed E-state index contributed by atoms with van der Waals surface area (Å²) >= 11 is 0. The highest BCUT2D eigenvalue weighted by Crippen LogP contribution is 2.44. The predicted octanol–water partition coefficient (Wildman–Crippen LogP) is 3.56. The molecule has 1 atom stereocenters. The Morgan fingerprint density at radius 1 is 1.15 bits per heavy atom. The van der Waals surface area contributed by atoms with Crippen molar-refractivity contribution in [3.05, 3.63) is 35.4 Å². The summed E-state index contributed by atoms with van der Waals surface area (Å²) in [5, 5.41) is 12.7. The van der Waals surface area contributed by atoms with Crippen molar-refractivity contribution in [2.75, 3.05) is 26.2 Å². The zero-order valence-corrected chi connectivity index (χ0v) is 15.8. The lowest BCUT2D eigenvalue weighted by atomic mass is 9.67. The maximum atomic E-state index is 11.2. The van der Waals surface area contributed by atoms with E-state index in [1.807, 2.05) is 12.1 Å². The molecule has 3 fully saturated rings. The molecule has 1 spiro atoms. The molecule has 0 radical (unpaired) electrons. The molecular weight excluding hydrogens is 324 g/mol. The number of nitrogens with one attached hydrogen (secondary N) is 1. The van der Waals surface area contributed by atoms with Crippen LogP contribution < -0.4 is 5.32 Å². The first kappa shape index (κ1) is 18.0. The quantitative estimate of drug-likeness (QED) is 0.866. The second-order valence-electron chi connectivity index (χ2n) is 8.84. The van der Waals surface area contributed by atoms with Crippen LogP contribution in [0.4, 0.5) is 0 Å². The van der Waals surface area contributed by atoms with E-state index >= 15 is 0 Å². The lowest BCUT2D eigenvalue weighted by molar-refractivity contribution is 0.0696. The van der Waals surface area contributed by atoms with Crippen LogP contribution in [0.3, 0.4) is 0 Å². The van der Waals surface area contributed by atoms with Crippen LogP contribution in [0.1, 0.15) is 60.9 Å². The summed E-state index contributed by atoms with van der Waals surface area (Å²) in [6, 6.07) is 8.28. The summed E-state index contributed by atoms with van der Waals surface area (Å²) in [5.74, 6) is -0.150. The van der Waals surface area contributed by atoms with Crippen molar-refractivity contribution in [3.63, 3.8) is 0 Å². The van der Waals surface area contributed by atoms with Gasteiger partial charge in [0.05, 0.1) is 5.56 Å². The molecule has 0 aromatic heterocycles. The number of nitrogens with zero attached hydrogens (tertiary/aromatic N) is 1. The highest BCUT2D eigenvalue weighted by Gasteiger charge is 2.39. The van der Waals surface area contributed by atoms with Gasteiger partial charge >= 0.3 is 5.97 Å². The third-order valence-electron chi connectivity index (χ3n) is 7.21. The van der Waals surface area contributed by atoms with E-state index in [1.165, 1.54) is 76.7 Å². The molecule has 4 rings (SSSR count). The van der Waals surface area contributed by atoms with Crippen LogP contribution in [0.25, 0.3) is 0 Å². The van der Waals surface area contributed by atoms with Gasteiger partial charge in [-0.1, -0.05) is 12.1 Å². The summed E-state index contributed by atoms with van der Waals surface area (Å²) in [6.07, 6.45) is 10.6. The Morgan fingerprint density at radius 3 is 2.65 bits per heavy atom. The average Bonchev–Trinajstić information content (AvgIpc) is 3.11. The van der Waals surface area contributed by atoms with Crippen LogP contribution >= 0.6 is 0 Å². The van der Waals surface area contributed by atoms with Crippen molar-refractivity contribution in [1.29, 1.82) is 0 Å². The van der Waals surface area contributed by atoms with Crippen molar-refractivity contribution >= 4 is 5.97 Å². The summed E-state index contributed by atoms with van der Waals surface area (Å²) in [4.78, 5) is 13.9. The van der Waals surface area contributed by atoms with Gasteiger partial charge in [0.25, 0.3) is 0 Å². The van der Waals surface area contributed by atoms with Crippen molar-refractivity contribution in [3.8, 4) is 0 Å². The van der Waals surface area contributed by atoms with Crippen molar-refractivity contribution in [1.82, 2.24) is 10.2 Å². The molecule has 26 heavy (non-hydrogen) atoms. The number of aromatic carboxylic acids is 1. The molecule has 0 amide bonds. The summed E-state index contributed by atoms with van der Waals surface area (Å²) < 4.78 is 0. The largest absolute Gasteiger partial charge is 0.478 e. The Bertz CT molecular complexity index is 629. The molecule has 4 heteroatoms. The molecule has 1 aromatic rings. The number of hydrogen-bond acceptors (Lipinski definition) is 3. The van der Waals surface area contributed by atoms with Gasteiger partial charge in [-0.2, -0.15) is 0 Å². The first-order valence-electron chi connectivity index (χ1n) is 10.4. The standard InChI is InChI=1S/C22H32N2O2/c25-21(26)19-3-1-2-17(15-19)14-18-6-13-24(16-18)20-4-7-22(8-5-20)9-11-23-12-10-22/h1-3,15,18,20,23H,4-14,16H2,(H,25,26). The summed E-state index contributed by atoms with van der Waals surface area (Å²) in [5.41, 5.74) is 2.24. The number of likely N-dealkylation sites (tertiary alicyclic amines) is 1. The molecule has 2 aliphatic heterocycles. The van der Waals surface area contributed by atoms with E-state index in [9.17, 15) is 9.90 Å². The van der Waals surface area contributed by atoms with Gasteiger partial charge in [0, 0.05) is 12.6 Å². The van der Waals surface area contributed by atoms with E-state index < -0.39 is 5.97 Å². The Morgan fingerprint density at radius 2 is 1.92 bits per heavy atom. The second kappa shape index (κ2) is 7.69. The van der Waals surface area contributed by atoms with Gasteiger partial charge in [0.15, 0.2) is 0 Å². The van der Waals surface area contributed by atoms with Crippen LogP contribution in [-0.4, -0.2) is 48.2 Å². The van der Waals surface area contributed by atoms with Gasteiger partial charge < -0.3 is 15.3 Å². The van der Waals surface area contributed by atoms with Crippen molar-refractivity contribution in [2.45, 2.75) is 57.4 Å². The monoisotopic (exact) mass is 356 g/mol. The Balaban J connectivity index is 1.29. The molecule has 1 unspecified atom stereocenters. The van der Waals surface area contributed by atoms with Crippen molar-refractivity contribution in [2.24, 2.45) is 11.3 Å². The molecule has 1 saturated carbocycles. The average molecular weight is 357 g/mol. The minimum Gasteiger partial charge on any atom is -0.478 e. The minimum atomic E-state index is -0.825. The number of carboxylic acid groups (broad SMARTS) is 1. The van der Waals surface area contributed by atoms with Gasteiger partial charge in [-0.25, -0.2) is 4.79 Å². The topological polar surface area (TPSA) is 52.6 Å². The Labute approximate surface area is 157 Å². The molecule has 2 saturated heterocycles. The fourth-order valence-corrected chi connectivity index (χ4v) is 5.56. The molecule has 1 aliphatic carbocycles. The highest BCUT2D eigenvalue weighted by molar-refractivity contribution is 5.87. The van der Waals surface area contributed by atoms with Gasteiger partial charge in [-0.15, -0.1) is 0 Å². The van der Waals surface area contributed by atoms with Gasteiger partial charge in [-0.05, 0) is 100 Å². The number of carbonyl (C=O) groups is 1. The number of carboxylic acids is 1. The second-order valence-corrected chi connectivity index (χ2v) is 8.84. The zero-order valence-electron chi connectivity index (χ0n) is 15.8. The van der Waals surface area contributed by atoms with Crippen LogP contribution in [0.2, 0.25) is 0 Å². The number of rotatable bonds is 4. The number of hydrogen-bond donors (Lipinski definition) is 2. The lowest BCUT2D eigenvalue weighted by Crippen LogP contribution is -2.44. The van der Waals surface area contributed by atoms with Crippen molar-refractivity contribution < 1.29 is 9.90 Å². The fourth-order valence-electron chi connectivity index (χ4n) is 5.56. The molecule has 2 heterocycles. The lowest BCUT2D eigenvalue weighted by Gasteiger charge is -2.45.